The number of hydrogen-bond donors (Lipinski definition) is 2. The van der Waals surface area contributed by atoms with Crippen LogP contribution in [0.2, 0.25) is 0 Å². The number of nitrogens with one attached hydrogen (secondary N) is 1. The SMILES string of the molecule is O=C1/C(=C\c2nc3cc4c(cc3[te]2)OCCOCCOCCOCCO4)C(O)C1/C=C1\Nc2cc3c(cc2[Te]1)OCCOCCOCCOCCO3. The second-order valence-corrected chi connectivity index (χ2v) is 18.0. The molecule has 14 nitrogen and oxygen atoms in total. The Morgan fingerprint density at radius 1 is 0.654 bits per heavy atom. The van der Waals surface area contributed by atoms with Crippen molar-refractivity contribution in [2.45, 2.75) is 6.10 Å². The van der Waals surface area contributed by atoms with E-state index in [1.54, 1.807) is 6.08 Å². The van der Waals surface area contributed by atoms with E-state index in [-0.39, 0.29) is 5.78 Å². The number of carbonyl (C=O) groups is 1. The van der Waals surface area contributed by atoms with Crippen LogP contribution in [0.4, 0.5) is 5.69 Å². The molecule has 0 saturated heterocycles. The molecule has 1 saturated carbocycles. The van der Waals surface area contributed by atoms with Gasteiger partial charge in [0.15, 0.2) is 0 Å². The number of hydrogen-bond acceptors (Lipinski definition) is 14. The average Bonchev–Trinajstić information content (AvgIpc) is 3.74. The molecule has 4 aliphatic rings. The normalized spacial score (nSPS) is 24.5. The van der Waals surface area contributed by atoms with Gasteiger partial charge in [0.2, 0.25) is 0 Å². The zero-order valence-corrected chi connectivity index (χ0v) is 33.3. The fourth-order valence-corrected chi connectivity index (χ4v) is 11.2. The molecule has 3 aliphatic heterocycles. The molecule has 1 aliphatic carbocycles. The molecule has 16 heteroatoms. The van der Waals surface area contributed by atoms with E-state index in [0.29, 0.717) is 134 Å². The van der Waals surface area contributed by atoms with Gasteiger partial charge in [0.1, 0.15) is 0 Å². The third kappa shape index (κ3) is 10.00. The van der Waals surface area contributed by atoms with Crippen LogP contribution in [0.15, 0.2) is 39.7 Å². The number of fused-ring (bicyclic) bond motifs is 4. The van der Waals surface area contributed by atoms with Crippen molar-refractivity contribution in [3.8, 4) is 23.0 Å². The van der Waals surface area contributed by atoms with Crippen molar-refractivity contribution in [1.82, 2.24) is 4.98 Å². The summed E-state index contributed by atoms with van der Waals surface area (Å²) in [6.07, 6.45) is 2.76. The standard InChI is InChI=1S/C36H42N2O12Te2/c39-35-23(17-33-37-25-19-27-29(21-31(25)51-33)49-15-11-45-7-3-41-1-5-43-9-13-47-27)36(40)24(35)18-34-38-26-20-28-30(22-32(26)52-34)50-16-12-46-8-4-42-2-6-44-10-14-48-28/h17-23,35,37,39H,1-16H2/b24-18-,33-17+. The molecule has 1 fully saturated rings. The van der Waals surface area contributed by atoms with Crippen LogP contribution >= 0.6 is 0 Å². The molecule has 4 heterocycles. The number of ether oxygens (including phenoxy) is 10. The molecule has 1 aromatic heterocycles. The summed E-state index contributed by atoms with van der Waals surface area (Å²) in [4.78, 5) is 18.2. The Kier molecular flexibility index (Phi) is 14.0. The summed E-state index contributed by atoms with van der Waals surface area (Å²) in [6, 6.07) is 7.81. The monoisotopic (exact) mass is 954 g/mol. The Morgan fingerprint density at radius 3 is 1.67 bits per heavy atom. The van der Waals surface area contributed by atoms with Crippen LogP contribution in [-0.4, -0.2) is 169 Å². The minimum absolute atomic E-state index is 0.0884. The van der Waals surface area contributed by atoms with E-state index in [0.717, 1.165) is 25.7 Å². The van der Waals surface area contributed by atoms with Crippen molar-refractivity contribution in [2.24, 2.45) is 5.92 Å². The van der Waals surface area contributed by atoms with Crippen LogP contribution in [-0.2, 0) is 33.2 Å². The molecule has 3 aromatic rings. The van der Waals surface area contributed by atoms with Crippen LogP contribution in [0, 0.1) is 5.92 Å². The summed E-state index contributed by atoms with van der Waals surface area (Å²) >= 11 is -1.77. The number of nitrogens with zero attached hydrogens (tertiary/aromatic N) is 1. The van der Waals surface area contributed by atoms with Crippen LogP contribution < -0.4 is 27.9 Å². The fourth-order valence-electron chi connectivity index (χ4n) is 5.67. The number of carbonyl (C=O) groups excluding carboxylic acids is 1. The van der Waals surface area contributed by atoms with Gasteiger partial charge in [0.05, 0.1) is 0 Å². The number of ketones is 1. The van der Waals surface area contributed by atoms with E-state index in [2.05, 4.69) is 5.32 Å². The zero-order chi connectivity index (χ0) is 35.5. The molecule has 0 bridgehead atoms. The first-order valence-corrected chi connectivity index (χ1v) is 22.0. The van der Waals surface area contributed by atoms with Gasteiger partial charge in [-0.25, -0.2) is 0 Å². The Labute approximate surface area is 321 Å². The zero-order valence-electron chi connectivity index (χ0n) is 28.6. The van der Waals surface area contributed by atoms with Gasteiger partial charge in [-0.1, -0.05) is 0 Å². The summed E-state index contributed by atoms with van der Waals surface area (Å²) < 4.78 is 61.5. The first-order chi connectivity index (χ1) is 25.6. The second kappa shape index (κ2) is 19.2. The van der Waals surface area contributed by atoms with E-state index in [1.165, 1.54) is 0 Å². The van der Waals surface area contributed by atoms with Gasteiger partial charge in [0.25, 0.3) is 0 Å². The van der Waals surface area contributed by atoms with E-state index in [4.69, 9.17) is 52.4 Å². The van der Waals surface area contributed by atoms with Gasteiger partial charge in [-0.3, -0.25) is 0 Å². The van der Waals surface area contributed by atoms with Gasteiger partial charge in [-0.15, -0.1) is 0 Å². The van der Waals surface area contributed by atoms with Crippen LogP contribution in [0.3, 0.4) is 0 Å². The molecule has 0 radical (unpaired) electrons. The molecular weight excluding hydrogens is 908 g/mol. The number of Topliss-reactive ketones (excluding diaryl/α,β-unsaturated/α-hetero) is 1. The second-order valence-electron chi connectivity index (χ2n) is 11.9. The number of aliphatic hydroxyl groups excluding tert-OH is 1. The van der Waals surface area contributed by atoms with Gasteiger partial charge >= 0.3 is 323 Å². The summed E-state index contributed by atoms with van der Waals surface area (Å²) in [6.45, 7) is 7.14. The predicted octanol–water partition coefficient (Wildman–Crippen LogP) is 1.17. The van der Waals surface area contributed by atoms with Gasteiger partial charge < -0.3 is 0 Å². The van der Waals surface area contributed by atoms with Crippen molar-refractivity contribution < 1.29 is 57.3 Å². The molecule has 280 valence electrons. The molecule has 2 atom stereocenters. The maximum atomic E-state index is 13.4. The van der Waals surface area contributed by atoms with Crippen LogP contribution in [0.5, 0.6) is 23.0 Å². The van der Waals surface area contributed by atoms with Gasteiger partial charge in [0, 0.05) is 0 Å². The molecular formula is C36H42N2O12Te2. The van der Waals surface area contributed by atoms with E-state index < -0.39 is 53.4 Å². The molecule has 52 heavy (non-hydrogen) atoms. The maximum absolute atomic E-state index is 13.4. The number of aromatic nitrogens is 1. The quantitative estimate of drug-likeness (QED) is 0.279. The molecule has 2 unspecified atom stereocenters. The molecule has 2 N–H and O–H groups in total. The number of aliphatic hydroxyl groups is 1. The Morgan fingerprint density at radius 2 is 1.13 bits per heavy atom. The van der Waals surface area contributed by atoms with E-state index in [9.17, 15) is 9.90 Å². The summed E-state index contributed by atoms with van der Waals surface area (Å²) in [7, 11) is 0. The number of benzene rings is 2. The Bertz CT molecular complexity index is 1650. The van der Waals surface area contributed by atoms with Crippen molar-refractivity contribution in [1.29, 1.82) is 0 Å². The Balaban J connectivity index is 1.01. The summed E-state index contributed by atoms with van der Waals surface area (Å²) in [5.74, 6) is 1.78. The van der Waals surface area contributed by atoms with Gasteiger partial charge in [-0.05, 0) is 0 Å². The van der Waals surface area contributed by atoms with Gasteiger partial charge in [-0.2, -0.15) is 0 Å². The third-order valence-electron chi connectivity index (χ3n) is 8.28. The molecule has 0 spiro atoms. The van der Waals surface area contributed by atoms with Crippen molar-refractivity contribution in [3.05, 3.63) is 43.4 Å². The van der Waals surface area contributed by atoms with Crippen molar-refractivity contribution in [2.75, 3.05) is 111 Å². The molecule has 7 rings (SSSR count). The fraction of sp³-hybridized carbons (Fsp3) is 0.500. The summed E-state index contributed by atoms with van der Waals surface area (Å²) in [5, 5.41) is 14.6. The number of anilines is 1. The minimum atomic E-state index is -0.917. The first kappa shape index (κ1) is 37.9. The van der Waals surface area contributed by atoms with Crippen LogP contribution in [0.1, 0.15) is 3.71 Å². The van der Waals surface area contributed by atoms with Crippen LogP contribution in [0.25, 0.3) is 15.0 Å². The third-order valence-corrected chi connectivity index (χ3v) is 13.9. The van der Waals surface area contributed by atoms with Crippen molar-refractivity contribution >= 4 is 71.4 Å². The number of rotatable bonds is 2. The average molecular weight is 950 g/mol. The topological polar surface area (TPSA) is 155 Å². The molecule has 0 amide bonds. The van der Waals surface area contributed by atoms with E-state index >= 15 is 0 Å². The first-order valence-electron chi connectivity index (χ1n) is 17.3. The predicted molar refractivity (Wildman–Crippen MR) is 192 cm³/mol. The van der Waals surface area contributed by atoms with E-state index in [1.807, 2.05) is 30.3 Å². The molecule has 2 aromatic carbocycles. The summed E-state index contributed by atoms with van der Waals surface area (Å²) in [5.41, 5.74) is 2.12. The Hall–Kier alpha value is -2.44. The van der Waals surface area contributed by atoms with Crippen molar-refractivity contribution in [3.63, 3.8) is 0 Å².